The van der Waals surface area contributed by atoms with Crippen LogP contribution in [0.2, 0.25) is 0 Å². The van der Waals surface area contributed by atoms with Crippen LogP contribution in [0.5, 0.6) is 0 Å². The molecule has 0 bridgehead atoms. The molecule has 210 valence electrons. The third-order valence-corrected chi connectivity index (χ3v) is 7.21. The summed E-state index contributed by atoms with van der Waals surface area (Å²) in [5.74, 6) is 0.159. The number of hydrogen-bond acceptors (Lipinski definition) is 6. The normalized spacial score (nSPS) is 14.4. The minimum Gasteiger partial charge on any atom is -0.449 e. The maximum atomic E-state index is 13.8. The number of anilines is 1. The second-order valence-electron chi connectivity index (χ2n) is 10.2. The highest BCUT2D eigenvalue weighted by molar-refractivity contribution is 5.84. The van der Waals surface area contributed by atoms with Crippen LogP contribution in [0.15, 0.2) is 71.7 Å². The van der Waals surface area contributed by atoms with Crippen molar-refractivity contribution in [3.05, 3.63) is 88.6 Å². The average molecular weight is 547 g/mol. The fraction of sp³-hybridized carbons (Fsp3) is 0.367. The van der Waals surface area contributed by atoms with Gasteiger partial charge in [-0.05, 0) is 80.9 Å². The van der Waals surface area contributed by atoms with Crippen molar-refractivity contribution in [1.29, 1.82) is 0 Å². The lowest BCUT2D eigenvalue weighted by molar-refractivity contribution is 0.146. The molecule has 3 heterocycles. The Hall–Kier alpha value is -4.02. The molecule has 4 aromatic rings. The predicted octanol–water partition coefficient (Wildman–Crippen LogP) is 4.34. The minimum atomic E-state index is -0.500. The van der Waals surface area contributed by atoms with E-state index >= 15 is 0 Å². The average Bonchev–Trinajstić information content (AvgIpc) is 3.36. The topological polar surface area (TPSA) is 84.6 Å². The highest BCUT2D eigenvalue weighted by atomic mass is 19.1. The van der Waals surface area contributed by atoms with Gasteiger partial charge in [-0.2, -0.15) is 5.10 Å². The molecule has 0 unspecified atom stereocenters. The van der Waals surface area contributed by atoms with E-state index in [1.54, 1.807) is 41.1 Å². The molecule has 2 aromatic heterocycles. The first-order valence-electron chi connectivity index (χ1n) is 13.7. The van der Waals surface area contributed by atoms with Crippen molar-refractivity contribution in [2.45, 2.75) is 25.8 Å². The van der Waals surface area contributed by atoms with E-state index in [1.807, 2.05) is 12.1 Å². The molecule has 1 amide bonds. The fourth-order valence-electron chi connectivity index (χ4n) is 4.91. The van der Waals surface area contributed by atoms with Crippen molar-refractivity contribution in [2.24, 2.45) is 0 Å². The number of unbranched alkanes of at least 4 members (excludes halogenated alkanes) is 2. The van der Waals surface area contributed by atoms with E-state index in [0.29, 0.717) is 23.6 Å². The maximum Gasteiger partial charge on any atom is 0.411 e. The maximum absolute atomic E-state index is 13.8. The predicted molar refractivity (Wildman–Crippen MR) is 154 cm³/mol. The number of fused-ring (bicyclic) bond motifs is 1. The van der Waals surface area contributed by atoms with Gasteiger partial charge in [-0.25, -0.2) is 13.9 Å². The lowest BCUT2D eigenvalue weighted by Gasteiger charge is -2.32. The number of carbonyl (C=O) groups is 1. The third-order valence-electron chi connectivity index (χ3n) is 7.21. The highest BCUT2D eigenvalue weighted by Crippen LogP contribution is 2.20. The Morgan fingerprint density at radius 2 is 1.85 bits per heavy atom. The number of likely N-dealkylation sites (N-methyl/N-ethyl adjacent to an activating group) is 1. The van der Waals surface area contributed by atoms with Gasteiger partial charge in [-0.15, -0.1) is 0 Å². The summed E-state index contributed by atoms with van der Waals surface area (Å²) in [6.45, 7) is 6.16. The second-order valence-corrected chi connectivity index (χ2v) is 10.2. The first-order chi connectivity index (χ1) is 19.4. The van der Waals surface area contributed by atoms with E-state index in [1.165, 1.54) is 22.9 Å². The van der Waals surface area contributed by atoms with Gasteiger partial charge in [0.15, 0.2) is 5.82 Å². The Morgan fingerprint density at radius 3 is 2.70 bits per heavy atom. The molecular formula is C30H35FN6O3. The number of piperazine rings is 1. The van der Waals surface area contributed by atoms with Gasteiger partial charge in [0.25, 0.3) is 5.56 Å². The fourth-order valence-corrected chi connectivity index (χ4v) is 4.91. The van der Waals surface area contributed by atoms with Crippen molar-refractivity contribution in [1.82, 2.24) is 24.1 Å². The minimum absolute atomic E-state index is 0.206. The summed E-state index contributed by atoms with van der Waals surface area (Å²) in [7, 11) is 2.16. The van der Waals surface area contributed by atoms with Gasteiger partial charge in [-0.3, -0.25) is 14.7 Å². The molecule has 1 N–H and O–H groups in total. The van der Waals surface area contributed by atoms with E-state index in [4.69, 9.17) is 4.74 Å². The molecule has 0 atom stereocenters. The number of nitrogens with one attached hydrogen (secondary N) is 1. The zero-order valence-corrected chi connectivity index (χ0v) is 22.8. The molecule has 1 fully saturated rings. The molecule has 1 aliphatic heterocycles. The first kappa shape index (κ1) is 27.5. The van der Waals surface area contributed by atoms with Crippen LogP contribution >= 0.6 is 0 Å². The van der Waals surface area contributed by atoms with E-state index in [2.05, 4.69) is 27.3 Å². The van der Waals surface area contributed by atoms with Crippen LogP contribution in [0, 0.1) is 5.82 Å². The summed E-state index contributed by atoms with van der Waals surface area (Å²) >= 11 is 0. The largest absolute Gasteiger partial charge is 0.449 e. The summed E-state index contributed by atoms with van der Waals surface area (Å²) in [6.07, 6.45) is 4.24. The van der Waals surface area contributed by atoms with Crippen LogP contribution in [-0.2, 0) is 11.3 Å². The van der Waals surface area contributed by atoms with E-state index < -0.39 is 6.09 Å². The molecule has 0 spiro atoms. The van der Waals surface area contributed by atoms with Crippen molar-refractivity contribution in [3.63, 3.8) is 0 Å². The van der Waals surface area contributed by atoms with Crippen molar-refractivity contribution >= 4 is 22.7 Å². The number of hydrogen-bond donors (Lipinski definition) is 1. The molecule has 40 heavy (non-hydrogen) atoms. The van der Waals surface area contributed by atoms with Gasteiger partial charge >= 0.3 is 6.09 Å². The standard InChI is InChI=1S/C30H35FN6O3/c1-34-15-17-35(18-16-34)13-3-2-4-19-40-30(39)32-26-7-5-6-23(20-26)22-37-29(38)11-10-28(33-37)36-14-12-24-8-9-25(31)21-27(24)36/h5-12,14,20-21H,2-4,13,15-19,22H2,1H3,(H,32,39). The molecule has 2 aromatic carbocycles. The zero-order chi connectivity index (χ0) is 27.9. The summed E-state index contributed by atoms with van der Waals surface area (Å²) in [6, 6.07) is 16.7. The summed E-state index contributed by atoms with van der Waals surface area (Å²) < 4.78 is 22.3. The van der Waals surface area contributed by atoms with Crippen LogP contribution in [0.4, 0.5) is 14.9 Å². The third kappa shape index (κ3) is 7.13. The Balaban J connectivity index is 1.12. The molecule has 0 radical (unpaired) electrons. The number of halogens is 1. The lowest BCUT2D eigenvalue weighted by atomic mass is 10.2. The Labute approximate surface area is 232 Å². The second kappa shape index (κ2) is 12.9. The summed E-state index contributed by atoms with van der Waals surface area (Å²) in [4.78, 5) is 29.7. The molecule has 1 aliphatic rings. The van der Waals surface area contributed by atoms with Crippen LogP contribution in [0.25, 0.3) is 16.7 Å². The number of ether oxygens (including phenoxy) is 1. The number of amides is 1. The first-order valence-corrected chi connectivity index (χ1v) is 13.7. The molecule has 0 saturated carbocycles. The number of nitrogens with zero attached hydrogens (tertiary/aromatic N) is 5. The summed E-state index contributed by atoms with van der Waals surface area (Å²) in [5, 5.41) is 8.15. The van der Waals surface area contributed by atoms with E-state index in [9.17, 15) is 14.0 Å². The molecule has 0 aliphatic carbocycles. The number of benzene rings is 2. The van der Waals surface area contributed by atoms with Gasteiger partial charge < -0.3 is 14.5 Å². The number of aromatic nitrogens is 3. The Morgan fingerprint density at radius 1 is 1.00 bits per heavy atom. The molecule has 9 nitrogen and oxygen atoms in total. The highest BCUT2D eigenvalue weighted by Gasteiger charge is 2.13. The Bertz CT molecular complexity index is 1510. The van der Waals surface area contributed by atoms with Gasteiger partial charge in [0, 0.05) is 49.5 Å². The van der Waals surface area contributed by atoms with Crippen molar-refractivity contribution < 1.29 is 13.9 Å². The number of rotatable bonds is 10. The van der Waals surface area contributed by atoms with Crippen molar-refractivity contribution in [2.75, 3.05) is 51.7 Å². The van der Waals surface area contributed by atoms with Gasteiger partial charge in [-0.1, -0.05) is 12.1 Å². The summed E-state index contributed by atoms with van der Waals surface area (Å²) in [5.41, 5.74) is 1.76. The molecule has 10 heteroatoms. The van der Waals surface area contributed by atoms with Crippen LogP contribution in [0.3, 0.4) is 0 Å². The van der Waals surface area contributed by atoms with Gasteiger partial charge in [0.2, 0.25) is 0 Å². The van der Waals surface area contributed by atoms with Crippen LogP contribution < -0.4 is 10.9 Å². The Kier molecular flexibility index (Phi) is 8.87. The van der Waals surface area contributed by atoms with E-state index in [0.717, 1.165) is 62.9 Å². The molecule has 5 rings (SSSR count). The lowest BCUT2D eigenvalue weighted by Crippen LogP contribution is -2.44. The number of carbonyl (C=O) groups excluding carboxylic acids is 1. The van der Waals surface area contributed by atoms with Crippen molar-refractivity contribution in [3.8, 4) is 5.82 Å². The monoisotopic (exact) mass is 546 g/mol. The molecule has 1 saturated heterocycles. The quantitative estimate of drug-likeness (QED) is 0.298. The van der Waals surface area contributed by atoms with E-state index in [-0.39, 0.29) is 17.9 Å². The smallest absolute Gasteiger partial charge is 0.411 e. The SMILES string of the molecule is CN1CCN(CCCCCOC(=O)Nc2cccc(Cn3nc(-n4ccc5ccc(F)cc54)ccc3=O)c2)CC1. The zero-order valence-electron chi connectivity index (χ0n) is 22.8. The van der Waals surface area contributed by atoms with Crippen LogP contribution in [-0.4, -0.2) is 76.6 Å². The molecular weight excluding hydrogens is 511 g/mol. The van der Waals surface area contributed by atoms with Crippen LogP contribution in [0.1, 0.15) is 24.8 Å². The van der Waals surface area contributed by atoms with Gasteiger partial charge in [0.1, 0.15) is 5.82 Å². The van der Waals surface area contributed by atoms with Gasteiger partial charge in [0.05, 0.1) is 18.7 Å².